The number of benzene rings is 1. The van der Waals surface area contributed by atoms with Crippen LogP contribution in [0.15, 0.2) is 24.3 Å². The molecule has 1 aromatic rings. The molecular formula is C26H46. The molecule has 0 amide bonds. The number of unbranched alkanes of at least 4 members (excludes halogenated alkanes) is 10. The molecule has 0 bridgehead atoms. The van der Waals surface area contributed by atoms with E-state index in [1.807, 2.05) is 0 Å². The molecule has 0 saturated heterocycles. The van der Waals surface area contributed by atoms with E-state index in [4.69, 9.17) is 0 Å². The molecule has 0 nitrogen and oxygen atoms in total. The highest BCUT2D eigenvalue weighted by Crippen LogP contribution is 2.29. The Morgan fingerprint density at radius 1 is 0.615 bits per heavy atom. The molecule has 0 saturated carbocycles. The molecule has 1 aromatic carbocycles. The van der Waals surface area contributed by atoms with E-state index in [1.54, 1.807) is 11.1 Å². The van der Waals surface area contributed by atoms with E-state index >= 15 is 0 Å². The van der Waals surface area contributed by atoms with Gasteiger partial charge in [0.25, 0.3) is 0 Å². The normalized spacial score (nSPS) is 12.4. The van der Waals surface area contributed by atoms with Crippen molar-refractivity contribution in [2.45, 2.75) is 129 Å². The van der Waals surface area contributed by atoms with Gasteiger partial charge in [0.2, 0.25) is 0 Å². The monoisotopic (exact) mass is 358 g/mol. The first-order valence-electron chi connectivity index (χ1n) is 11.9. The minimum atomic E-state index is 0.795. The molecular weight excluding hydrogens is 312 g/mol. The minimum absolute atomic E-state index is 0.795. The predicted molar refractivity (Wildman–Crippen MR) is 119 cm³/mol. The standard InChI is InChI=1S/C26H46/c1-4-7-9-11-12-14-16-21-25(20-15-13-10-8-5-2)26-22-17-19-24(23-26)18-6-3/h17,19,22-23,25H,4-16,18,20-21H2,1-3H3. The molecule has 1 rings (SSSR count). The summed E-state index contributed by atoms with van der Waals surface area (Å²) in [4.78, 5) is 0. The predicted octanol–water partition coefficient (Wildman–Crippen LogP) is 9.22. The van der Waals surface area contributed by atoms with Crippen LogP contribution in [0.2, 0.25) is 0 Å². The van der Waals surface area contributed by atoms with Gasteiger partial charge in [0.15, 0.2) is 0 Å². The molecule has 0 heteroatoms. The lowest BCUT2D eigenvalue weighted by Crippen LogP contribution is -2.01. The van der Waals surface area contributed by atoms with Crippen molar-refractivity contribution < 1.29 is 0 Å². The molecule has 0 spiro atoms. The van der Waals surface area contributed by atoms with Gasteiger partial charge in [-0.2, -0.15) is 0 Å². The van der Waals surface area contributed by atoms with Crippen molar-refractivity contribution in [2.75, 3.05) is 0 Å². The molecule has 0 heterocycles. The second-order valence-electron chi connectivity index (χ2n) is 8.30. The fourth-order valence-electron chi connectivity index (χ4n) is 4.11. The van der Waals surface area contributed by atoms with E-state index < -0.39 is 0 Å². The van der Waals surface area contributed by atoms with Crippen LogP contribution in [0.1, 0.15) is 134 Å². The third kappa shape index (κ3) is 11.0. The SMILES string of the molecule is CCCCCCCCCC(CCCCCCC)c1cccc(CCC)c1. The summed E-state index contributed by atoms with van der Waals surface area (Å²) in [6.45, 7) is 6.90. The molecule has 0 aliphatic heterocycles. The zero-order valence-corrected chi connectivity index (χ0v) is 18.2. The van der Waals surface area contributed by atoms with Crippen molar-refractivity contribution in [3.8, 4) is 0 Å². The van der Waals surface area contributed by atoms with E-state index in [9.17, 15) is 0 Å². The molecule has 0 radical (unpaired) electrons. The second-order valence-corrected chi connectivity index (χ2v) is 8.30. The van der Waals surface area contributed by atoms with Crippen LogP contribution in [0.4, 0.5) is 0 Å². The van der Waals surface area contributed by atoms with Crippen LogP contribution in [0, 0.1) is 0 Å². The number of hydrogen-bond acceptors (Lipinski definition) is 0. The first-order valence-corrected chi connectivity index (χ1v) is 11.9. The maximum absolute atomic E-state index is 2.52. The van der Waals surface area contributed by atoms with Gasteiger partial charge in [0, 0.05) is 0 Å². The summed E-state index contributed by atoms with van der Waals surface area (Å²) in [6.07, 6.45) is 22.3. The molecule has 1 unspecified atom stereocenters. The Morgan fingerprint density at radius 3 is 1.69 bits per heavy atom. The highest BCUT2D eigenvalue weighted by molar-refractivity contribution is 5.26. The first kappa shape index (κ1) is 23.3. The summed E-state index contributed by atoms with van der Waals surface area (Å²) in [5, 5.41) is 0. The van der Waals surface area contributed by atoms with Crippen LogP contribution in [-0.4, -0.2) is 0 Å². The molecule has 0 aromatic heterocycles. The molecule has 0 aliphatic rings. The van der Waals surface area contributed by atoms with Crippen LogP contribution < -0.4 is 0 Å². The molecule has 0 N–H and O–H groups in total. The van der Waals surface area contributed by atoms with Gasteiger partial charge in [0.05, 0.1) is 0 Å². The van der Waals surface area contributed by atoms with Crippen LogP contribution in [0.25, 0.3) is 0 Å². The minimum Gasteiger partial charge on any atom is -0.0654 e. The zero-order valence-electron chi connectivity index (χ0n) is 18.2. The zero-order chi connectivity index (χ0) is 18.9. The van der Waals surface area contributed by atoms with E-state index in [1.165, 1.54) is 103 Å². The summed E-state index contributed by atoms with van der Waals surface area (Å²) < 4.78 is 0. The van der Waals surface area contributed by atoms with Gasteiger partial charge < -0.3 is 0 Å². The maximum Gasteiger partial charge on any atom is -0.0162 e. The Morgan fingerprint density at radius 2 is 1.15 bits per heavy atom. The Balaban J connectivity index is 2.46. The quantitative estimate of drug-likeness (QED) is 0.243. The molecule has 0 fully saturated rings. The van der Waals surface area contributed by atoms with Crippen LogP contribution in [0.5, 0.6) is 0 Å². The van der Waals surface area contributed by atoms with Crippen LogP contribution in [0.3, 0.4) is 0 Å². The van der Waals surface area contributed by atoms with E-state index in [-0.39, 0.29) is 0 Å². The van der Waals surface area contributed by atoms with Gasteiger partial charge in [0.1, 0.15) is 0 Å². The molecule has 26 heavy (non-hydrogen) atoms. The number of rotatable bonds is 17. The van der Waals surface area contributed by atoms with Gasteiger partial charge in [-0.05, 0) is 36.3 Å². The second kappa shape index (κ2) is 16.4. The Bertz CT molecular complexity index is 420. The van der Waals surface area contributed by atoms with Gasteiger partial charge >= 0.3 is 0 Å². The Labute approximate surface area is 165 Å². The summed E-state index contributed by atoms with van der Waals surface area (Å²) in [5.41, 5.74) is 3.16. The third-order valence-electron chi connectivity index (χ3n) is 5.77. The summed E-state index contributed by atoms with van der Waals surface area (Å²) in [6, 6.07) is 9.53. The highest BCUT2D eigenvalue weighted by Gasteiger charge is 2.12. The van der Waals surface area contributed by atoms with Crippen LogP contribution >= 0.6 is 0 Å². The fraction of sp³-hybridized carbons (Fsp3) is 0.769. The molecule has 1 atom stereocenters. The topological polar surface area (TPSA) is 0 Å². The number of aryl methyl sites for hydroxylation is 1. The number of hydrogen-bond donors (Lipinski definition) is 0. The molecule has 150 valence electrons. The lowest BCUT2D eigenvalue weighted by molar-refractivity contribution is 0.487. The first-order chi connectivity index (χ1) is 12.8. The Kier molecular flexibility index (Phi) is 14.7. The van der Waals surface area contributed by atoms with Gasteiger partial charge in [-0.1, -0.05) is 129 Å². The van der Waals surface area contributed by atoms with Crippen molar-refractivity contribution in [1.82, 2.24) is 0 Å². The smallest absolute Gasteiger partial charge is 0.0162 e. The van der Waals surface area contributed by atoms with E-state index in [0.717, 1.165) is 5.92 Å². The highest BCUT2D eigenvalue weighted by atomic mass is 14.2. The van der Waals surface area contributed by atoms with Crippen molar-refractivity contribution in [1.29, 1.82) is 0 Å². The van der Waals surface area contributed by atoms with Crippen molar-refractivity contribution in [3.63, 3.8) is 0 Å². The average molecular weight is 359 g/mol. The summed E-state index contributed by atoms with van der Waals surface area (Å²) in [5.74, 6) is 0.795. The van der Waals surface area contributed by atoms with Crippen LogP contribution in [-0.2, 0) is 6.42 Å². The lowest BCUT2D eigenvalue weighted by Gasteiger charge is -2.18. The van der Waals surface area contributed by atoms with Gasteiger partial charge in [-0.25, -0.2) is 0 Å². The Hall–Kier alpha value is -0.780. The third-order valence-corrected chi connectivity index (χ3v) is 5.77. The lowest BCUT2D eigenvalue weighted by atomic mass is 9.87. The van der Waals surface area contributed by atoms with Crippen molar-refractivity contribution in [2.24, 2.45) is 0 Å². The van der Waals surface area contributed by atoms with Crippen molar-refractivity contribution in [3.05, 3.63) is 35.4 Å². The average Bonchev–Trinajstić information content (AvgIpc) is 2.66. The molecule has 0 aliphatic carbocycles. The van der Waals surface area contributed by atoms with Gasteiger partial charge in [-0.15, -0.1) is 0 Å². The summed E-state index contributed by atoms with van der Waals surface area (Å²) in [7, 11) is 0. The van der Waals surface area contributed by atoms with Crippen molar-refractivity contribution >= 4 is 0 Å². The van der Waals surface area contributed by atoms with E-state index in [0.29, 0.717) is 0 Å². The maximum atomic E-state index is 2.52. The fourth-order valence-corrected chi connectivity index (χ4v) is 4.11. The van der Waals surface area contributed by atoms with E-state index in [2.05, 4.69) is 45.0 Å². The largest absolute Gasteiger partial charge is 0.0654 e. The van der Waals surface area contributed by atoms with Gasteiger partial charge in [-0.3, -0.25) is 0 Å². The summed E-state index contributed by atoms with van der Waals surface area (Å²) >= 11 is 0.